The van der Waals surface area contributed by atoms with E-state index in [1.807, 2.05) is 0 Å². The normalized spacial score (nSPS) is 10.3. The minimum atomic E-state index is -1.18. The number of carboxylic acid groups (broad SMARTS) is 1. The summed E-state index contributed by atoms with van der Waals surface area (Å²) in [6.45, 7) is 0. The van der Waals surface area contributed by atoms with Gasteiger partial charge in [-0.15, -0.1) is 0 Å². The van der Waals surface area contributed by atoms with Crippen molar-refractivity contribution >= 4 is 17.6 Å². The van der Waals surface area contributed by atoms with Gasteiger partial charge in [-0.3, -0.25) is 4.98 Å². The Labute approximate surface area is 113 Å². The van der Waals surface area contributed by atoms with Crippen LogP contribution in [0.4, 0.5) is 4.39 Å². The molecule has 0 amide bonds. The van der Waals surface area contributed by atoms with Crippen molar-refractivity contribution in [2.24, 2.45) is 0 Å². The molecule has 0 saturated carbocycles. The fourth-order valence-corrected chi connectivity index (χ4v) is 1.89. The number of ether oxygens (including phenoxy) is 1. The Hall–Kier alpha value is -2.14. The first-order valence-electron chi connectivity index (χ1n) is 5.26. The Morgan fingerprint density at radius 1 is 1.42 bits per heavy atom. The molecule has 19 heavy (non-hydrogen) atoms. The number of carbonyl (C=O) groups is 1. The highest BCUT2D eigenvalue weighted by atomic mass is 35.5. The quantitative estimate of drug-likeness (QED) is 0.938. The SMILES string of the molecule is COc1ccc(Cl)c(F)c1-c1cnccc1C(=O)O. The van der Waals surface area contributed by atoms with Crippen LogP contribution in [0.5, 0.6) is 5.75 Å². The number of benzene rings is 1. The lowest BCUT2D eigenvalue weighted by molar-refractivity contribution is 0.0697. The van der Waals surface area contributed by atoms with Gasteiger partial charge in [0.2, 0.25) is 0 Å². The van der Waals surface area contributed by atoms with E-state index in [9.17, 15) is 9.18 Å². The molecule has 1 heterocycles. The third-order valence-electron chi connectivity index (χ3n) is 2.60. The average molecular weight is 282 g/mol. The molecule has 0 radical (unpaired) electrons. The Bertz CT molecular complexity index is 646. The zero-order valence-corrected chi connectivity index (χ0v) is 10.6. The van der Waals surface area contributed by atoms with E-state index >= 15 is 0 Å². The Kier molecular flexibility index (Phi) is 3.66. The highest BCUT2D eigenvalue weighted by Gasteiger charge is 2.20. The summed E-state index contributed by atoms with van der Waals surface area (Å²) < 4.78 is 19.2. The number of aromatic carboxylic acids is 1. The molecule has 0 spiro atoms. The Morgan fingerprint density at radius 3 is 2.79 bits per heavy atom. The summed E-state index contributed by atoms with van der Waals surface area (Å²) in [5.74, 6) is -1.73. The first kappa shape index (κ1) is 13.3. The van der Waals surface area contributed by atoms with Crippen LogP contribution in [0.1, 0.15) is 10.4 Å². The lowest BCUT2D eigenvalue weighted by atomic mass is 10.0. The fraction of sp³-hybridized carbons (Fsp3) is 0.0769. The molecular weight excluding hydrogens is 273 g/mol. The molecule has 6 heteroatoms. The molecular formula is C13H9ClFNO3. The molecule has 2 rings (SSSR count). The van der Waals surface area contributed by atoms with Gasteiger partial charge in [0.05, 0.1) is 23.3 Å². The predicted octanol–water partition coefficient (Wildman–Crippen LogP) is 3.25. The van der Waals surface area contributed by atoms with Crippen molar-refractivity contribution in [1.29, 1.82) is 0 Å². The van der Waals surface area contributed by atoms with Crippen LogP contribution >= 0.6 is 11.6 Å². The van der Waals surface area contributed by atoms with Crippen LogP contribution in [0.15, 0.2) is 30.6 Å². The van der Waals surface area contributed by atoms with Gasteiger partial charge in [-0.1, -0.05) is 11.6 Å². The maximum absolute atomic E-state index is 14.1. The summed E-state index contributed by atoms with van der Waals surface area (Å²) in [5.41, 5.74) is 0.0295. The predicted molar refractivity (Wildman–Crippen MR) is 68.2 cm³/mol. The highest BCUT2D eigenvalue weighted by molar-refractivity contribution is 6.31. The van der Waals surface area contributed by atoms with E-state index in [4.69, 9.17) is 21.4 Å². The van der Waals surface area contributed by atoms with Crippen molar-refractivity contribution in [3.05, 3.63) is 47.0 Å². The molecule has 0 aliphatic heterocycles. The molecule has 98 valence electrons. The smallest absolute Gasteiger partial charge is 0.336 e. The summed E-state index contributed by atoms with van der Waals surface area (Å²) in [5, 5.41) is 9.01. The van der Waals surface area contributed by atoms with Crippen LogP contribution in [0, 0.1) is 5.82 Å². The van der Waals surface area contributed by atoms with Gasteiger partial charge in [0.25, 0.3) is 0 Å². The molecule has 0 atom stereocenters. The van der Waals surface area contributed by atoms with Crippen LogP contribution in [-0.4, -0.2) is 23.2 Å². The molecule has 0 fully saturated rings. The maximum atomic E-state index is 14.1. The number of carboxylic acids is 1. The van der Waals surface area contributed by atoms with Gasteiger partial charge in [0.1, 0.15) is 5.75 Å². The molecule has 1 aromatic carbocycles. The van der Waals surface area contributed by atoms with Crippen molar-refractivity contribution in [2.45, 2.75) is 0 Å². The van der Waals surface area contributed by atoms with Gasteiger partial charge in [-0.25, -0.2) is 9.18 Å². The molecule has 1 N–H and O–H groups in total. The number of aromatic nitrogens is 1. The first-order valence-corrected chi connectivity index (χ1v) is 5.63. The van der Waals surface area contributed by atoms with Crippen molar-refractivity contribution in [1.82, 2.24) is 4.98 Å². The summed E-state index contributed by atoms with van der Waals surface area (Å²) >= 11 is 5.73. The van der Waals surface area contributed by atoms with Crippen LogP contribution in [0.25, 0.3) is 11.1 Å². The number of pyridine rings is 1. The monoisotopic (exact) mass is 281 g/mol. The third-order valence-corrected chi connectivity index (χ3v) is 2.89. The van der Waals surface area contributed by atoms with Gasteiger partial charge < -0.3 is 9.84 Å². The Morgan fingerprint density at radius 2 is 2.16 bits per heavy atom. The second-order valence-corrected chi connectivity index (χ2v) is 4.07. The van der Waals surface area contributed by atoms with E-state index < -0.39 is 11.8 Å². The van der Waals surface area contributed by atoms with E-state index in [-0.39, 0.29) is 27.5 Å². The van der Waals surface area contributed by atoms with Gasteiger partial charge in [0.15, 0.2) is 5.82 Å². The number of methoxy groups -OCH3 is 1. The minimum absolute atomic E-state index is 0.0134. The van der Waals surface area contributed by atoms with E-state index in [1.165, 1.54) is 37.7 Å². The molecule has 0 saturated heterocycles. The summed E-state index contributed by atoms with van der Waals surface area (Å²) in [6, 6.07) is 4.10. The maximum Gasteiger partial charge on any atom is 0.336 e. The second kappa shape index (κ2) is 5.24. The largest absolute Gasteiger partial charge is 0.496 e. The summed E-state index contributed by atoms with van der Waals surface area (Å²) in [7, 11) is 1.36. The summed E-state index contributed by atoms with van der Waals surface area (Å²) in [6.07, 6.45) is 2.59. The number of hydrogen-bond acceptors (Lipinski definition) is 3. The molecule has 1 aromatic heterocycles. The average Bonchev–Trinajstić information content (AvgIpc) is 2.41. The van der Waals surface area contributed by atoms with Gasteiger partial charge in [0, 0.05) is 18.0 Å². The van der Waals surface area contributed by atoms with Gasteiger partial charge in [-0.05, 0) is 18.2 Å². The third kappa shape index (κ3) is 2.37. The summed E-state index contributed by atoms with van der Waals surface area (Å²) in [4.78, 5) is 15.0. The van der Waals surface area contributed by atoms with Crippen molar-refractivity contribution in [3.8, 4) is 16.9 Å². The molecule has 4 nitrogen and oxygen atoms in total. The van der Waals surface area contributed by atoms with Gasteiger partial charge in [-0.2, -0.15) is 0 Å². The lowest BCUT2D eigenvalue weighted by Crippen LogP contribution is -2.02. The number of hydrogen-bond donors (Lipinski definition) is 1. The molecule has 0 aliphatic carbocycles. The topological polar surface area (TPSA) is 59.4 Å². The zero-order chi connectivity index (χ0) is 14.0. The minimum Gasteiger partial charge on any atom is -0.496 e. The van der Waals surface area contributed by atoms with Crippen LogP contribution in [0.2, 0.25) is 5.02 Å². The van der Waals surface area contributed by atoms with Crippen LogP contribution < -0.4 is 4.74 Å². The van der Waals surface area contributed by atoms with Crippen molar-refractivity contribution < 1.29 is 19.0 Å². The molecule has 0 bridgehead atoms. The lowest BCUT2D eigenvalue weighted by Gasteiger charge is -2.12. The van der Waals surface area contributed by atoms with Crippen molar-refractivity contribution in [3.63, 3.8) is 0 Å². The highest BCUT2D eigenvalue weighted by Crippen LogP contribution is 2.37. The number of nitrogens with zero attached hydrogens (tertiary/aromatic N) is 1. The van der Waals surface area contributed by atoms with E-state index in [1.54, 1.807) is 0 Å². The number of rotatable bonds is 3. The fourth-order valence-electron chi connectivity index (χ4n) is 1.73. The van der Waals surface area contributed by atoms with Crippen molar-refractivity contribution in [2.75, 3.05) is 7.11 Å². The number of halogens is 2. The first-order chi connectivity index (χ1) is 9.06. The van der Waals surface area contributed by atoms with E-state index in [0.29, 0.717) is 0 Å². The second-order valence-electron chi connectivity index (χ2n) is 3.67. The standard InChI is InChI=1S/C13H9ClFNO3/c1-19-10-3-2-9(14)12(15)11(10)8-6-16-5-4-7(8)13(17)18/h2-6H,1H3,(H,17,18). The zero-order valence-electron chi connectivity index (χ0n) is 9.85. The van der Waals surface area contributed by atoms with Gasteiger partial charge >= 0.3 is 5.97 Å². The van der Waals surface area contributed by atoms with E-state index in [2.05, 4.69) is 4.98 Å². The molecule has 0 aliphatic rings. The molecule has 0 unspecified atom stereocenters. The van der Waals surface area contributed by atoms with E-state index in [0.717, 1.165) is 0 Å². The van der Waals surface area contributed by atoms with Crippen LogP contribution in [0.3, 0.4) is 0 Å². The Balaban J connectivity index is 2.78. The molecule has 2 aromatic rings. The van der Waals surface area contributed by atoms with Crippen LogP contribution in [-0.2, 0) is 0 Å².